The van der Waals surface area contributed by atoms with E-state index in [2.05, 4.69) is 10.4 Å². The smallest absolute Gasteiger partial charge is 0.369 e. The van der Waals surface area contributed by atoms with E-state index in [-0.39, 0.29) is 10.7 Å². The van der Waals surface area contributed by atoms with Crippen molar-refractivity contribution in [3.05, 3.63) is 62.6 Å². The summed E-state index contributed by atoms with van der Waals surface area (Å²) in [6.45, 7) is 0.591. The van der Waals surface area contributed by atoms with E-state index in [9.17, 15) is 13.2 Å². The predicted octanol–water partition coefficient (Wildman–Crippen LogP) is 6.49. The van der Waals surface area contributed by atoms with Crippen LogP contribution in [-0.4, -0.2) is 16.3 Å². The Morgan fingerprint density at radius 1 is 1.00 bits per heavy atom. The van der Waals surface area contributed by atoms with Crippen molar-refractivity contribution in [1.82, 2.24) is 9.78 Å². The van der Waals surface area contributed by atoms with Crippen LogP contribution in [0, 0.1) is 0 Å². The number of nitrogens with zero attached hydrogens (tertiary/aromatic N) is 2. The molecule has 1 N–H and O–H groups in total. The van der Waals surface area contributed by atoms with Crippen LogP contribution in [0.1, 0.15) is 11.1 Å². The van der Waals surface area contributed by atoms with Crippen LogP contribution >= 0.6 is 34.8 Å². The highest BCUT2D eigenvalue weighted by atomic mass is 35.5. The Hall–Kier alpha value is -1.89. The van der Waals surface area contributed by atoms with E-state index in [4.69, 9.17) is 34.8 Å². The lowest BCUT2D eigenvalue weighted by Crippen LogP contribution is -2.13. The molecule has 0 fully saturated rings. The van der Waals surface area contributed by atoms with E-state index >= 15 is 0 Å². The molecule has 0 spiro atoms. The predicted molar refractivity (Wildman–Crippen MR) is 101 cm³/mol. The second-order valence-electron chi connectivity index (χ2n) is 6.05. The Labute approximate surface area is 167 Å². The molecular formula is C18H11Cl3F3N3. The molecule has 4 rings (SSSR count). The fourth-order valence-corrected chi connectivity index (χ4v) is 3.72. The molecule has 27 heavy (non-hydrogen) atoms. The minimum atomic E-state index is -4.58. The van der Waals surface area contributed by atoms with Crippen LogP contribution in [0.25, 0.3) is 16.9 Å². The largest absolute Gasteiger partial charge is 0.418 e. The zero-order valence-corrected chi connectivity index (χ0v) is 15.8. The van der Waals surface area contributed by atoms with Crippen molar-refractivity contribution >= 4 is 40.6 Å². The maximum absolute atomic E-state index is 13.6. The Morgan fingerprint density at radius 3 is 2.44 bits per heavy atom. The van der Waals surface area contributed by atoms with Crippen LogP contribution in [0.5, 0.6) is 0 Å². The number of benzene rings is 2. The molecule has 0 saturated carbocycles. The molecule has 2 aromatic carbocycles. The van der Waals surface area contributed by atoms with Crippen molar-refractivity contribution in [2.75, 3.05) is 11.9 Å². The first-order valence-corrected chi connectivity index (χ1v) is 9.07. The second-order valence-corrected chi connectivity index (χ2v) is 7.33. The van der Waals surface area contributed by atoms with Crippen molar-refractivity contribution in [2.45, 2.75) is 12.6 Å². The van der Waals surface area contributed by atoms with Crippen LogP contribution in [-0.2, 0) is 12.6 Å². The third-order valence-corrected chi connectivity index (χ3v) is 5.13. The lowest BCUT2D eigenvalue weighted by molar-refractivity contribution is -0.137. The summed E-state index contributed by atoms with van der Waals surface area (Å²) in [6, 6.07) is 8.54. The summed E-state index contributed by atoms with van der Waals surface area (Å²) in [4.78, 5) is 0. The summed E-state index contributed by atoms with van der Waals surface area (Å²) < 4.78 is 41.9. The zero-order valence-electron chi connectivity index (χ0n) is 13.5. The summed E-state index contributed by atoms with van der Waals surface area (Å²) in [5.41, 5.74) is 0.901. The summed E-state index contributed by atoms with van der Waals surface area (Å²) >= 11 is 18.1. The maximum atomic E-state index is 13.6. The molecule has 1 aliphatic heterocycles. The molecule has 0 unspecified atom stereocenters. The minimum absolute atomic E-state index is 0.000875. The van der Waals surface area contributed by atoms with Crippen LogP contribution < -0.4 is 5.32 Å². The fraction of sp³-hybridized carbons (Fsp3) is 0.167. The van der Waals surface area contributed by atoms with E-state index in [1.165, 1.54) is 16.8 Å². The van der Waals surface area contributed by atoms with Crippen LogP contribution in [0.4, 0.5) is 19.0 Å². The maximum Gasteiger partial charge on any atom is 0.418 e. The number of halogens is 6. The van der Waals surface area contributed by atoms with Gasteiger partial charge in [0.15, 0.2) is 0 Å². The Kier molecular flexibility index (Phi) is 4.53. The molecule has 140 valence electrons. The van der Waals surface area contributed by atoms with Gasteiger partial charge in [0.1, 0.15) is 5.82 Å². The SMILES string of the molecule is FC(F)(F)c1cc(Cl)ccc1-n1nc(-c2cc(Cl)ccc2Cl)c2c1NCC2. The molecular weight excluding hydrogens is 422 g/mol. The monoisotopic (exact) mass is 431 g/mol. The van der Waals surface area contributed by atoms with E-state index < -0.39 is 11.7 Å². The minimum Gasteiger partial charge on any atom is -0.369 e. The molecule has 0 saturated heterocycles. The van der Waals surface area contributed by atoms with Crippen LogP contribution in [0.3, 0.4) is 0 Å². The van der Waals surface area contributed by atoms with E-state index in [0.29, 0.717) is 40.1 Å². The quantitative estimate of drug-likeness (QED) is 0.502. The molecule has 0 bridgehead atoms. The number of alkyl halides is 3. The van der Waals surface area contributed by atoms with Gasteiger partial charge < -0.3 is 5.32 Å². The van der Waals surface area contributed by atoms with Gasteiger partial charge in [-0.25, -0.2) is 4.68 Å². The Morgan fingerprint density at radius 2 is 1.70 bits per heavy atom. The topological polar surface area (TPSA) is 29.9 Å². The van der Waals surface area contributed by atoms with Crippen molar-refractivity contribution in [2.24, 2.45) is 0 Å². The Bertz CT molecular complexity index is 1040. The average Bonchev–Trinajstić information content (AvgIpc) is 3.19. The highest BCUT2D eigenvalue weighted by Crippen LogP contribution is 2.41. The van der Waals surface area contributed by atoms with Gasteiger partial charge >= 0.3 is 6.18 Å². The molecule has 1 aliphatic rings. The molecule has 3 aromatic rings. The van der Waals surface area contributed by atoms with Gasteiger partial charge in [-0.3, -0.25) is 0 Å². The number of hydrogen-bond donors (Lipinski definition) is 1. The van der Waals surface area contributed by atoms with Crippen molar-refractivity contribution < 1.29 is 13.2 Å². The fourth-order valence-electron chi connectivity index (χ4n) is 3.16. The van der Waals surface area contributed by atoms with Crippen LogP contribution in [0.15, 0.2) is 36.4 Å². The number of hydrogen-bond acceptors (Lipinski definition) is 2. The van der Waals surface area contributed by atoms with E-state index in [0.717, 1.165) is 11.6 Å². The number of aromatic nitrogens is 2. The molecule has 0 radical (unpaired) electrons. The molecule has 0 amide bonds. The van der Waals surface area contributed by atoms with E-state index in [1.807, 2.05) is 0 Å². The third kappa shape index (κ3) is 3.26. The first-order valence-electron chi connectivity index (χ1n) is 7.94. The molecule has 2 heterocycles. The number of rotatable bonds is 2. The molecule has 1 aromatic heterocycles. The van der Waals surface area contributed by atoms with Crippen molar-refractivity contribution in [1.29, 1.82) is 0 Å². The number of fused-ring (bicyclic) bond motifs is 1. The van der Waals surface area contributed by atoms with Gasteiger partial charge in [0, 0.05) is 27.7 Å². The normalized spacial score (nSPS) is 13.6. The first-order chi connectivity index (χ1) is 12.8. The Balaban J connectivity index is 1.97. The van der Waals surface area contributed by atoms with Gasteiger partial charge in [0.25, 0.3) is 0 Å². The van der Waals surface area contributed by atoms with Gasteiger partial charge in [-0.05, 0) is 42.8 Å². The lowest BCUT2D eigenvalue weighted by atomic mass is 10.1. The second kappa shape index (κ2) is 6.62. The lowest BCUT2D eigenvalue weighted by Gasteiger charge is -2.15. The molecule has 0 atom stereocenters. The van der Waals surface area contributed by atoms with Crippen LogP contribution in [0.2, 0.25) is 15.1 Å². The molecule has 3 nitrogen and oxygen atoms in total. The number of anilines is 1. The highest BCUT2D eigenvalue weighted by molar-refractivity contribution is 6.35. The number of nitrogens with one attached hydrogen (secondary N) is 1. The first kappa shape index (κ1) is 18.5. The summed E-state index contributed by atoms with van der Waals surface area (Å²) in [6.07, 6.45) is -3.96. The summed E-state index contributed by atoms with van der Waals surface area (Å²) in [7, 11) is 0. The van der Waals surface area contributed by atoms with E-state index in [1.54, 1.807) is 18.2 Å². The molecule has 0 aliphatic carbocycles. The average molecular weight is 433 g/mol. The van der Waals surface area contributed by atoms with Gasteiger partial charge in [-0.15, -0.1) is 0 Å². The van der Waals surface area contributed by atoms with Crippen molar-refractivity contribution in [3.63, 3.8) is 0 Å². The van der Waals surface area contributed by atoms with Gasteiger partial charge in [-0.1, -0.05) is 34.8 Å². The van der Waals surface area contributed by atoms with Gasteiger partial charge in [0.2, 0.25) is 0 Å². The van der Waals surface area contributed by atoms with Gasteiger partial charge in [0.05, 0.1) is 22.0 Å². The summed E-state index contributed by atoms with van der Waals surface area (Å²) in [5, 5.41) is 8.44. The standard InChI is InChI=1S/C18H11Cl3F3N3/c19-9-1-3-14(21)12(7-9)16-11-5-6-25-17(11)27(26-16)15-4-2-10(20)8-13(15)18(22,23)24/h1-4,7-8,25H,5-6H2. The van der Waals surface area contributed by atoms with Crippen molar-refractivity contribution in [3.8, 4) is 16.9 Å². The third-order valence-electron chi connectivity index (χ3n) is 4.33. The highest BCUT2D eigenvalue weighted by Gasteiger charge is 2.36. The summed E-state index contributed by atoms with van der Waals surface area (Å²) in [5.74, 6) is 0.508. The molecule has 9 heteroatoms. The van der Waals surface area contributed by atoms with Gasteiger partial charge in [-0.2, -0.15) is 18.3 Å². The zero-order chi connectivity index (χ0) is 19.3.